The molecule has 1 atom stereocenters. The van der Waals surface area contributed by atoms with E-state index in [0.29, 0.717) is 12.1 Å². The molecule has 0 amide bonds. The zero-order valence-corrected chi connectivity index (χ0v) is 8.16. The van der Waals surface area contributed by atoms with Crippen molar-refractivity contribution in [1.82, 2.24) is 0 Å². The van der Waals surface area contributed by atoms with Gasteiger partial charge in [0.1, 0.15) is 6.04 Å². The summed E-state index contributed by atoms with van der Waals surface area (Å²) in [6.07, 6.45) is -5.02. The maximum absolute atomic E-state index is 13.1. The summed E-state index contributed by atoms with van der Waals surface area (Å²) in [6.45, 7) is 0. The highest BCUT2D eigenvalue weighted by atomic mass is 19.4. The third-order valence-corrected chi connectivity index (χ3v) is 1.81. The van der Waals surface area contributed by atoms with Gasteiger partial charge in [0.25, 0.3) is 0 Å². The monoisotopic (exact) mass is 253 g/mol. The molecule has 0 bridgehead atoms. The third kappa shape index (κ3) is 3.59. The molecule has 1 aromatic rings. The van der Waals surface area contributed by atoms with Gasteiger partial charge in [-0.3, -0.25) is 4.79 Å². The van der Waals surface area contributed by atoms with E-state index < -0.39 is 29.9 Å². The van der Waals surface area contributed by atoms with Crippen LogP contribution in [-0.2, 0) is 4.79 Å². The normalized spacial score (nSPS) is 13.2. The lowest BCUT2D eigenvalue weighted by Crippen LogP contribution is -2.21. The van der Waals surface area contributed by atoms with Gasteiger partial charge in [0, 0.05) is 0 Å². The van der Waals surface area contributed by atoms with E-state index in [1.54, 1.807) is 0 Å². The van der Waals surface area contributed by atoms with Gasteiger partial charge in [-0.15, -0.1) is 13.2 Å². The van der Waals surface area contributed by atoms with Crippen molar-refractivity contribution in [3.05, 3.63) is 29.6 Å². The smallest absolute Gasteiger partial charge is 0.480 e. The molecule has 3 N–H and O–H groups in total. The molecular weight excluding hydrogens is 246 g/mol. The Hall–Kier alpha value is -1.83. The molecule has 4 nitrogen and oxygen atoms in total. The molecule has 0 aliphatic carbocycles. The molecule has 0 unspecified atom stereocenters. The van der Waals surface area contributed by atoms with Gasteiger partial charge >= 0.3 is 12.3 Å². The number of hydrogen-bond donors (Lipinski definition) is 2. The molecule has 0 aliphatic heterocycles. The van der Waals surface area contributed by atoms with E-state index in [0.717, 1.165) is 6.07 Å². The van der Waals surface area contributed by atoms with E-state index in [-0.39, 0.29) is 5.56 Å². The Morgan fingerprint density at radius 1 is 1.41 bits per heavy atom. The number of halogens is 4. The number of alkyl halides is 3. The van der Waals surface area contributed by atoms with E-state index in [2.05, 4.69) is 4.74 Å². The molecule has 0 saturated carbocycles. The highest BCUT2D eigenvalue weighted by molar-refractivity contribution is 5.75. The van der Waals surface area contributed by atoms with E-state index in [1.807, 2.05) is 0 Å². The van der Waals surface area contributed by atoms with Crippen LogP contribution in [-0.4, -0.2) is 17.4 Å². The van der Waals surface area contributed by atoms with Gasteiger partial charge in [-0.1, -0.05) is 6.07 Å². The fourth-order valence-electron chi connectivity index (χ4n) is 1.06. The Bertz CT molecular complexity index is 433. The Labute approximate surface area is 92.6 Å². The number of nitrogens with two attached hydrogens (primary N) is 1. The predicted octanol–water partition coefficient (Wildman–Crippen LogP) is 1.81. The lowest BCUT2D eigenvalue weighted by Gasteiger charge is -2.11. The summed E-state index contributed by atoms with van der Waals surface area (Å²) in [5, 5.41) is 8.52. The Morgan fingerprint density at radius 2 is 2.00 bits per heavy atom. The number of aliphatic carboxylic acids is 1. The number of benzene rings is 1. The number of rotatable bonds is 3. The second-order valence-electron chi connectivity index (χ2n) is 3.05. The van der Waals surface area contributed by atoms with E-state index in [1.165, 1.54) is 0 Å². The zero-order chi connectivity index (χ0) is 13.2. The van der Waals surface area contributed by atoms with Crippen LogP contribution in [0, 0.1) is 5.82 Å². The summed E-state index contributed by atoms with van der Waals surface area (Å²) in [4.78, 5) is 10.5. The zero-order valence-electron chi connectivity index (χ0n) is 8.16. The van der Waals surface area contributed by atoms with Crippen molar-refractivity contribution in [2.45, 2.75) is 12.4 Å². The van der Waals surface area contributed by atoms with Crippen LogP contribution >= 0.6 is 0 Å². The minimum Gasteiger partial charge on any atom is -0.480 e. The van der Waals surface area contributed by atoms with Crippen LogP contribution < -0.4 is 10.5 Å². The van der Waals surface area contributed by atoms with Crippen LogP contribution in [0.25, 0.3) is 0 Å². The molecular formula is C9H7F4NO3. The first-order chi connectivity index (χ1) is 7.70. The first-order valence-corrected chi connectivity index (χ1v) is 4.24. The summed E-state index contributed by atoms with van der Waals surface area (Å²) < 4.78 is 51.9. The van der Waals surface area contributed by atoms with Gasteiger partial charge in [0.15, 0.2) is 11.6 Å². The van der Waals surface area contributed by atoms with Gasteiger partial charge in [-0.25, -0.2) is 4.39 Å². The minimum absolute atomic E-state index is 0.162. The number of carbonyl (C=O) groups is 1. The number of carboxylic acid groups (broad SMARTS) is 1. The van der Waals surface area contributed by atoms with E-state index in [9.17, 15) is 22.4 Å². The van der Waals surface area contributed by atoms with Crippen molar-refractivity contribution in [2.75, 3.05) is 0 Å². The molecule has 8 heteroatoms. The molecule has 1 aromatic carbocycles. The molecule has 0 saturated heterocycles. The molecule has 1 rings (SSSR count). The first-order valence-electron chi connectivity index (χ1n) is 4.24. The van der Waals surface area contributed by atoms with Crippen LogP contribution in [0.1, 0.15) is 11.6 Å². The highest BCUT2D eigenvalue weighted by Gasteiger charge is 2.32. The van der Waals surface area contributed by atoms with Crippen molar-refractivity contribution in [1.29, 1.82) is 0 Å². The molecule has 0 fully saturated rings. The average molecular weight is 253 g/mol. The van der Waals surface area contributed by atoms with Crippen molar-refractivity contribution in [3.63, 3.8) is 0 Å². The summed E-state index contributed by atoms with van der Waals surface area (Å²) >= 11 is 0. The number of carboxylic acids is 1. The summed E-state index contributed by atoms with van der Waals surface area (Å²) in [6, 6.07) is 0.688. The summed E-state index contributed by atoms with van der Waals surface area (Å²) in [5.41, 5.74) is 4.99. The number of ether oxygens (including phenoxy) is 1. The SMILES string of the molecule is N[C@H](C(=O)O)c1ccc(OC(F)(F)F)c(F)c1. The maximum atomic E-state index is 13.1. The molecule has 0 spiro atoms. The van der Waals surface area contributed by atoms with Crippen LogP contribution in [0.5, 0.6) is 5.75 Å². The standard InChI is InChI=1S/C9H7F4NO3/c10-5-3-4(7(14)8(15)16)1-2-6(5)17-9(11,12)13/h1-3,7H,14H2,(H,15,16)/t7-/m0/s1. The molecule has 0 radical (unpaired) electrons. The van der Waals surface area contributed by atoms with Crippen molar-refractivity contribution in [2.24, 2.45) is 5.73 Å². The quantitative estimate of drug-likeness (QED) is 0.806. The Kier molecular flexibility index (Phi) is 3.56. The van der Waals surface area contributed by atoms with Crippen LogP contribution in [0.15, 0.2) is 18.2 Å². The number of hydrogen-bond acceptors (Lipinski definition) is 3. The van der Waals surface area contributed by atoms with Gasteiger partial charge in [0.2, 0.25) is 0 Å². The maximum Gasteiger partial charge on any atom is 0.573 e. The van der Waals surface area contributed by atoms with Crippen LogP contribution in [0.3, 0.4) is 0 Å². The van der Waals surface area contributed by atoms with Crippen LogP contribution in [0.4, 0.5) is 17.6 Å². The lowest BCUT2D eigenvalue weighted by atomic mass is 10.1. The van der Waals surface area contributed by atoms with Gasteiger partial charge in [-0.2, -0.15) is 0 Å². The lowest BCUT2D eigenvalue weighted by molar-refractivity contribution is -0.275. The molecule has 0 aliphatic rings. The van der Waals surface area contributed by atoms with E-state index >= 15 is 0 Å². The average Bonchev–Trinajstić information content (AvgIpc) is 2.18. The predicted molar refractivity (Wildman–Crippen MR) is 47.6 cm³/mol. The third-order valence-electron chi connectivity index (χ3n) is 1.81. The largest absolute Gasteiger partial charge is 0.573 e. The molecule has 0 aromatic heterocycles. The minimum atomic E-state index is -5.02. The van der Waals surface area contributed by atoms with Crippen molar-refractivity contribution in [3.8, 4) is 5.75 Å². The van der Waals surface area contributed by atoms with E-state index in [4.69, 9.17) is 10.8 Å². The summed E-state index contributed by atoms with van der Waals surface area (Å²) in [7, 11) is 0. The Balaban J connectivity index is 2.98. The van der Waals surface area contributed by atoms with Crippen LogP contribution in [0.2, 0.25) is 0 Å². The molecule has 0 heterocycles. The first kappa shape index (κ1) is 13.2. The molecule has 94 valence electrons. The van der Waals surface area contributed by atoms with Crippen molar-refractivity contribution < 1.29 is 32.2 Å². The van der Waals surface area contributed by atoms with Gasteiger partial charge < -0.3 is 15.6 Å². The Morgan fingerprint density at radius 3 is 2.41 bits per heavy atom. The molecule has 17 heavy (non-hydrogen) atoms. The fourth-order valence-corrected chi connectivity index (χ4v) is 1.06. The van der Waals surface area contributed by atoms with Crippen molar-refractivity contribution >= 4 is 5.97 Å². The van der Waals surface area contributed by atoms with Gasteiger partial charge in [-0.05, 0) is 17.7 Å². The second-order valence-corrected chi connectivity index (χ2v) is 3.05. The highest BCUT2D eigenvalue weighted by Crippen LogP contribution is 2.27. The second kappa shape index (κ2) is 4.58. The van der Waals surface area contributed by atoms with Gasteiger partial charge in [0.05, 0.1) is 0 Å². The fraction of sp³-hybridized carbons (Fsp3) is 0.222. The summed E-state index contributed by atoms with van der Waals surface area (Å²) in [5.74, 6) is -3.80. The topological polar surface area (TPSA) is 72.6 Å².